The van der Waals surface area contributed by atoms with Crippen LogP contribution in [-0.4, -0.2) is 87.1 Å². The van der Waals surface area contributed by atoms with Gasteiger partial charge < -0.3 is 19.8 Å². The molecule has 3 fully saturated rings. The van der Waals surface area contributed by atoms with Gasteiger partial charge in [0, 0.05) is 38.1 Å². The number of likely N-dealkylation sites (tertiary alicyclic amines) is 2. The number of nitrogens with zero attached hydrogens (tertiary/aromatic N) is 5. The monoisotopic (exact) mass is 527 g/mol. The SMILES string of the molecule is O=C(CN1C(=O)CCC12CCCN(c1ncc3sccc3n1)CC2)N1CCCC1.O=C(O)C(F)(F)F. The zero-order chi connectivity index (χ0) is 25.9. The summed E-state index contributed by atoms with van der Waals surface area (Å²) >= 11 is 1.65. The highest BCUT2D eigenvalue weighted by Gasteiger charge is 2.47. The Balaban J connectivity index is 0.000000384. The number of hydrogen-bond acceptors (Lipinski definition) is 7. The minimum Gasteiger partial charge on any atom is -0.475 e. The predicted molar refractivity (Wildman–Crippen MR) is 127 cm³/mol. The Kier molecular flexibility index (Phi) is 7.67. The molecule has 196 valence electrons. The molecule has 1 N–H and O–H groups in total. The van der Waals surface area contributed by atoms with Crippen molar-refractivity contribution in [1.82, 2.24) is 19.8 Å². The third kappa shape index (κ3) is 5.71. The molecule has 2 amide bonds. The lowest BCUT2D eigenvalue weighted by Gasteiger charge is -2.38. The van der Waals surface area contributed by atoms with Crippen LogP contribution in [0.25, 0.3) is 10.2 Å². The molecule has 9 nitrogen and oxygen atoms in total. The smallest absolute Gasteiger partial charge is 0.475 e. The van der Waals surface area contributed by atoms with Crippen LogP contribution in [0.2, 0.25) is 0 Å². The van der Waals surface area contributed by atoms with Crippen LogP contribution in [0.4, 0.5) is 19.1 Å². The van der Waals surface area contributed by atoms with E-state index in [0.717, 1.165) is 80.9 Å². The molecule has 36 heavy (non-hydrogen) atoms. The predicted octanol–water partition coefficient (Wildman–Crippen LogP) is 3.30. The van der Waals surface area contributed by atoms with Gasteiger partial charge in [-0.05, 0) is 50.0 Å². The van der Waals surface area contributed by atoms with Gasteiger partial charge in [-0.1, -0.05) is 0 Å². The lowest BCUT2D eigenvalue weighted by molar-refractivity contribution is -0.192. The lowest BCUT2D eigenvalue weighted by atomic mass is 9.87. The van der Waals surface area contributed by atoms with Gasteiger partial charge >= 0.3 is 12.1 Å². The number of alkyl halides is 3. The molecule has 3 aliphatic rings. The molecule has 0 saturated carbocycles. The van der Waals surface area contributed by atoms with Gasteiger partial charge in [-0.3, -0.25) is 9.59 Å². The van der Waals surface area contributed by atoms with Gasteiger partial charge in [-0.2, -0.15) is 13.2 Å². The number of fused-ring (bicyclic) bond motifs is 1. The summed E-state index contributed by atoms with van der Waals surface area (Å²) in [6, 6.07) is 2.03. The normalized spacial score (nSPS) is 22.6. The molecule has 13 heteroatoms. The standard InChI is InChI=1S/C21H27N5O2S.C2HF3O2/c27-18-4-7-21(26(18)15-19(28)24-9-1-2-10-24)6-3-11-25(12-8-21)20-22-14-17-16(23-20)5-13-29-17;3-2(4,5)1(6)7/h5,13-14H,1-4,6-12,15H2;(H,6,7). The van der Waals surface area contributed by atoms with E-state index >= 15 is 0 Å². The fraction of sp³-hybridized carbons (Fsp3) is 0.609. The second kappa shape index (κ2) is 10.6. The Morgan fingerprint density at radius 1 is 1.08 bits per heavy atom. The highest BCUT2D eigenvalue weighted by Crippen LogP contribution is 2.39. The zero-order valence-corrected chi connectivity index (χ0v) is 20.5. The van der Waals surface area contributed by atoms with E-state index in [0.29, 0.717) is 6.42 Å². The van der Waals surface area contributed by atoms with Crippen molar-refractivity contribution in [3.05, 3.63) is 17.6 Å². The van der Waals surface area contributed by atoms with E-state index in [1.165, 1.54) is 0 Å². The van der Waals surface area contributed by atoms with Crippen LogP contribution in [-0.2, 0) is 14.4 Å². The van der Waals surface area contributed by atoms with Crippen LogP contribution in [0, 0.1) is 0 Å². The number of carboxylic acid groups (broad SMARTS) is 1. The summed E-state index contributed by atoms with van der Waals surface area (Å²) in [5, 5.41) is 9.17. The summed E-state index contributed by atoms with van der Waals surface area (Å²) in [7, 11) is 0. The fourth-order valence-electron chi connectivity index (χ4n) is 5.14. The molecule has 1 spiro atoms. The maximum atomic E-state index is 12.7. The van der Waals surface area contributed by atoms with Crippen molar-refractivity contribution in [3.63, 3.8) is 0 Å². The van der Waals surface area contributed by atoms with Crippen molar-refractivity contribution < 1.29 is 32.7 Å². The minimum atomic E-state index is -5.08. The van der Waals surface area contributed by atoms with Crippen molar-refractivity contribution in [2.24, 2.45) is 0 Å². The maximum Gasteiger partial charge on any atom is 0.490 e. The highest BCUT2D eigenvalue weighted by atomic mass is 32.1. The molecule has 0 bridgehead atoms. The van der Waals surface area contributed by atoms with Gasteiger partial charge in [0.15, 0.2) is 0 Å². The Bertz CT molecular complexity index is 1120. The number of carboxylic acids is 1. The number of carbonyl (C=O) groups is 3. The first-order chi connectivity index (χ1) is 17.1. The topological polar surface area (TPSA) is 107 Å². The number of amides is 2. The first-order valence-corrected chi connectivity index (χ1v) is 12.8. The van der Waals surface area contributed by atoms with Crippen molar-refractivity contribution >= 4 is 45.3 Å². The molecule has 2 aromatic rings. The van der Waals surface area contributed by atoms with Gasteiger partial charge in [0.1, 0.15) is 6.54 Å². The summed E-state index contributed by atoms with van der Waals surface area (Å²) < 4.78 is 32.8. The Morgan fingerprint density at radius 3 is 2.50 bits per heavy atom. The quantitative estimate of drug-likeness (QED) is 0.653. The molecule has 5 rings (SSSR count). The number of carbonyl (C=O) groups excluding carboxylic acids is 2. The van der Waals surface area contributed by atoms with Crippen LogP contribution in [0.5, 0.6) is 0 Å². The Morgan fingerprint density at radius 2 is 1.81 bits per heavy atom. The fourth-order valence-corrected chi connectivity index (χ4v) is 5.83. The van der Waals surface area contributed by atoms with Crippen LogP contribution >= 0.6 is 11.3 Å². The van der Waals surface area contributed by atoms with E-state index in [4.69, 9.17) is 14.9 Å². The summed E-state index contributed by atoms with van der Waals surface area (Å²) in [4.78, 5) is 49.7. The Hall–Kier alpha value is -2.96. The minimum absolute atomic E-state index is 0.115. The second-order valence-corrected chi connectivity index (χ2v) is 10.2. The molecule has 1 atom stereocenters. The van der Waals surface area contributed by atoms with Crippen molar-refractivity contribution in [2.45, 2.75) is 56.7 Å². The van der Waals surface area contributed by atoms with Crippen molar-refractivity contribution in [2.75, 3.05) is 37.6 Å². The molecule has 5 heterocycles. The molecule has 3 saturated heterocycles. The number of thiophene rings is 1. The van der Waals surface area contributed by atoms with E-state index < -0.39 is 12.1 Å². The van der Waals surface area contributed by atoms with Crippen LogP contribution < -0.4 is 4.90 Å². The van der Waals surface area contributed by atoms with Gasteiger partial charge in [-0.15, -0.1) is 11.3 Å². The summed E-state index contributed by atoms with van der Waals surface area (Å²) in [5.74, 6) is -1.73. The van der Waals surface area contributed by atoms with Gasteiger partial charge in [0.25, 0.3) is 0 Å². The van der Waals surface area contributed by atoms with E-state index in [9.17, 15) is 22.8 Å². The van der Waals surface area contributed by atoms with Crippen molar-refractivity contribution in [1.29, 1.82) is 0 Å². The first-order valence-electron chi connectivity index (χ1n) is 11.9. The molecule has 3 aliphatic heterocycles. The average Bonchev–Trinajstić information content (AvgIpc) is 3.55. The number of rotatable bonds is 3. The summed E-state index contributed by atoms with van der Waals surface area (Å²) in [6.45, 7) is 3.63. The highest BCUT2D eigenvalue weighted by molar-refractivity contribution is 7.17. The van der Waals surface area contributed by atoms with E-state index in [1.54, 1.807) is 11.3 Å². The van der Waals surface area contributed by atoms with E-state index in [1.807, 2.05) is 27.4 Å². The average molecular weight is 528 g/mol. The number of aromatic nitrogens is 2. The molecule has 0 aliphatic carbocycles. The van der Waals surface area contributed by atoms with E-state index in [2.05, 4.69) is 9.88 Å². The third-order valence-electron chi connectivity index (χ3n) is 7.06. The van der Waals surface area contributed by atoms with Crippen LogP contribution in [0.15, 0.2) is 17.6 Å². The zero-order valence-electron chi connectivity index (χ0n) is 19.7. The van der Waals surface area contributed by atoms with Gasteiger partial charge in [0.2, 0.25) is 17.8 Å². The Labute approximate surface area is 209 Å². The second-order valence-electron chi connectivity index (χ2n) is 9.28. The molecular formula is C23H28F3N5O4S. The summed E-state index contributed by atoms with van der Waals surface area (Å²) in [6.07, 6.45) is 3.20. The largest absolute Gasteiger partial charge is 0.490 e. The molecule has 1 unspecified atom stereocenters. The number of hydrogen-bond donors (Lipinski definition) is 1. The molecule has 2 aromatic heterocycles. The third-order valence-corrected chi connectivity index (χ3v) is 7.90. The van der Waals surface area contributed by atoms with Gasteiger partial charge in [-0.25, -0.2) is 14.8 Å². The number of halogens is 3. The maximum absolute atomic E-state index is 12.7. The number of anilines is 1. The van der Waals surface area contributed by atoms with Crippen LogP contribution in [0.3, 0.4) is 0 Å². The number of aliphatic carboxylic acids is 1. The molecule has 0 radical (unpaired) electrons. The lowest BCUT2D eigenvalue weighted by Crippen LogP contribution is -2.51. The van der Waals surface area contributed by atoms with Gasteiger partial charge in [0.05, 0.1) is 16.4 Å². The molecule has 0 aromatic carbocycles. The van der Waals surface area contributed by atoms with Crippen LogP contribution in [0.1, 0.15) is 44.9 Å². The van der Waals surface area contributed by atoms with E-state index in [-0.39, 0.29) is 23.9 Å². The van der Waals surface area contributed by atoms with Crippen molar-refractivity contribution in [3.8, 4) is 0 Å². The molecular weight excluding hydrogens is 499 g/mol. The first kappa shape index (κ1) is 26.1. The summed E-state index contributed by atoms with van der Waals surface area (Å²) in [5.41, 5.74) is 0.807.